The van der Waals surface area contributed by atoms with E-state index in [0.717, 1.165) is 43.9 Å². The molecule has 4 aliphatic carbocycles. The molecule has 2 atom stereocenters. The second-order valence-corrected chi connectivity index (χ2v) is 8.90. The SMILES string of the molecule is CC1CN(C)CCN1CC(O)C12CC3CC(CC(C3)C1)C2. The third-order valence-electron chi connectivity index (χ3n) is 7.17. The summed E-state index contributed by atoms with van der Waals surface area (Å²) in [6.45, 7) is 6.66. The van der Waals surface area contributed by atoms with Crippen LogP contribution in [-0.4, -0.2) is 60.3 Å². The van der Waals surface area contributed by atoms with Gasteiger partial charge in [-0.05, 0) is 75.7 Å². The Hall–Kier alpha value is -0.120. The summed E-state index contributed by atoms with van der Waals surface area (Å²) in [5.41, 5.74) is 0.290. The Morgan fingerprint density at radius 2 is 1.62 bits per heavy atom. The molecule has 4 bridgehead atoms. The highest BCUT2D eigenvalue weighted by molar-refractivity contribution is 5.05. The van der Waals surface area contributed by atoms with Crippen molar-refractivity contribution >= 4 is 0 Å². The third kappa shape index (κ3) is 2.55. The Bertz CT molecular complexity index is 361. The molecule has 0 aromatic heterocycles. The average molecular weight is 292 g/mol. The zero-order valence-electron chi connectivity index (χ0n) is 13.8. The van der Waals surface area contributed by atoms with Gasteiger partial charge in [0.15, 0.2) is 0 Å². The number of aliphatic hydroxyl groups is 1. The lowest BCUT2D eigenvalue weighted by Crippen LogP contribution is -2.58. The van der Waals surface area contributed by atoms with E-state index >= 15 is 0 Å². The van der Waals surface area contributed by atoms with Gasteiger partial charge in [-0.2, -0.15) is 0 Å². The van der Waals surface area contributed by atoms with E-state index in [1.165, 1.54) is 38.5 Å². The van der Waals surface area contributed by atoms with Crippen LogP contribution in [0.4, 0.5) is 0 Å². The Balaban J connectivity index is 1.44. The van der Waals surface area contributed by atoms with Crippen LogP contribution in [0.1, 0.15) is 45.4 Å². The Morgan fingerprint density at radius 3 is 2.14 bits per heavy atom. The molecule has 5 rings (SSSR count). The molecule has 2 unspecified atom stereocenters. The van der Waals surface area contributed by atoms with E-state index in [1.54, 1.807) is 0 Å². The second-order valence-electron chi connectivity index (χ2n) is 8.90. The van der Waals surface area contributed by atoms with Crippen molar-refractivity contribution in [3.63, 3.8) is 0 Å². The number of nitrogens with zero attached hydrogens (tertiary/aromatic N) is 2. The summed E-state index contributed by atoms with van der Waals surface area (Å²) in [5.74, 6) is 2.82. The first-order chi connectivity index (χ1) is 10.0. The second kappa shape index (κ2) is 5.21. The van der Waals surface area contributed by atoms with Crippen molar-refractivity contribution in [1.82, 2.24) is 9.80 Å². The van der Waals surface area contributed by atoms with Gasteiger partial charge in [-0.3, -0.25) is 4.90 Å². The molecule has 3 heteroatoms. The molecule has 0 amide bonds. The van der Waals surface area contributed by atoms with Crippen molar-refractivity contribution in [2.75, 3.05) is 33.2 Å². The van der Waals surface area contributed by atoms with Gasteiger partial charge in [-0.25, -0.2) is 0 Å². The predicted octanol–water partition coefficient (Wildman–Crippen LogP) is 2.20. The van der Waals surface area contributed by atoms with Crippen molar-refractivity contribution in [2.24, 2.45) is 23.2 Å². The minimum Gasteiger partial charge on any atom is -0.391 e. The van der Waals surface area contributed by atoms with Gasteiger partial charge in [0.2, 0.25) is 0 Å². The molecule has 4 saturated carbocycles. The van der Waals surface area contributed by atoms with E-state index in [0.29, 0.717) is 6.04 Å². The van der Waals surface area contributed by atoms with E-state index in [-0.39, 0.29) is 11.5 Å². The molecular formula is C18H32N2O. The number of hydrogen-bond acceptors (Lipinski definition) is 3. The summed E-state index contributed by atoms with van der Waals surface area (Å²) in [5, 5.41) is 11.1. The van der Waals surface area contributed by atoms with Crippen LogP contribution in [-0.2, 0) is 0 Å². The molecule has 5 fully saturated rings. The molecule has 0 aromatic rings. The van der Waals surface area contributed by atoms with Crippen molar-refractivity contribution < 1.29 is 5.11 Å². The fourth-order valence-corrected chi connectivity index (χ4v) is 6.45. The highest BCUT2D eigenvalue weighted by Gasteiger charge is 2.54. The maximum atomic E-state index is 11.1. The van der Waals surface area contributed by atoms with Crippen molar-refractivity contribution in [2.45, 2.75) is 57.6 Å². The first-order valence-corrected chi connectivity index (χ1v) is 9.15. The van der Waals surface area contributed by atoms with E-state index in [9.17, 15) is 5.11 Å². The van der Waals surface area contributed by atoms with Gasteiger partial charge in [0.1, 0.15) is 0 Å². The third-order valence-corrected chi connectivity index (χ3v) is 7.17. The summed E-state index contributed by atoms with van der Waals surface area (Å²) in [4.78, 5) is 4.96. The Morgan fingerprint density at radius 1 is 1.05 bits per heavy atom. The number of β-amino-alcohol motifs (C(OH)–C–C–N with tert-alkyl or cyclic N) is 1. The zero-order valence-corrected chi connectivity index (χ0v) is 13.8. The lowest BCUT2D eigenvalue weighted by molar-refractivity contribution is -0.130. The fourth-order valence-electron chi connectivity index (χ4n) is 6.45. The van der Waals surface area contributed by atoms with Gasteiger partial charge >= 0.3 is 0 Å². The molecule has 1 aliphatic heterocycles. The lowest BCUT2D eigenvalue weighted by Gasteiger charge is -2.59. The molecule has 0 radical (unpaired) electrons. The molecule has 5 aliphatic rings. The summed E-state index contributed by atoms with van der Waals surface area (Å²) >= 11 is 0. The monoisotopic (exact) mass is 292 g/mol. The number of piperazine rings is 1. The van der Waals surface area contributed by atoms with Crippen LogP contribution in [0.15, 0.2) is 0 Å². The summed E-state index contributed by atoms with van der Waals surface area (Å²) in [6, 6.07) is 0.590. The highest BCUT2D eigenvalue weighted by Crippen LogP contribution is 2.61. The van der Waals surface area contributed by atoms with Crippen molar-refractivity contribution in [3.05, 3.63) is 0 Å². The van der Waals surface area contributed by atoms with Crippen LogP contribution in [0.3, 0.4) is 0 Å². The number of hydrogen-bond donors (Lipinski definition) is 1. The first-order valence-electron chi connectivity index (χ1n) is 9.15. The summed E-state index contributed by atoms with van der Waals surface area (Å²) in [7, 11) is 2.21. The normalized spacial score (nSPS) is 48.7. The van der Waals surface area contributed by atoms with Crippen LogP contribution >= 0.6 is 0 Å². The Kier molecular flexibility index (Phi) is 3.59. The minimum atomic E-state index is -0.0863. The molecule has 3 nitrogen and oxygen atoms in total. The standard InChI is InChI=1S/C18H32N2O/c1-13-11-19(2)3-4-20(13)12-17(21)18-8-14-5-15(9-18)7-16(6-14)10-18/h13-17,21H,3-12H2,1-2H3. The topological polar surface area (TPSA) is 26.7 Å². The highest BCUT2D eigenvalue weighted by atomic mass is 16.3. The maximum absolute atomic E-state index is 11.1. The van der Waals surface area contributed by atoms with Gasteiger partial charge in [-0.1, -0.05) is 0 Å². The molecule has 1 N–H and O–H groups in total. The largest absolute Gasteiger partial charge is 0.391 e. The summed E-state index contributed by atoms with van der Waals surface area (Å²) in [6.07, 6.45) is 8.29. The molecule has 21 heavy (non-hydrogen) atoms. The molecule has 1 heterocycles. The van der Waals surface area contributed by atoms with Crippen molar-refractivity contribution in [1.29, 1.82) is 0 Å². The molecule has 1 saturated heterocycles. The van der Waals surface area contributed by atoms with Crippen LogP contribution in [0, 0.1) is 23.2 Å². The Labute approximate surface area is 129 Å². The first kappa shape index (κ1) is 14.5. The molecule has 120 valence electrons. The average Bonchev–Trinajstić information content (AvgIpc) is 2.40. The van der Waals surface area contributed by atoms with Gasteiger partial charge < -0.3 is 10.0 Å². The van der Waals surface area contributed by atoms with Gasteiger partial charge in [0.25, 0.3) is 0 Å². The minimum absolute atomic E-state index is 0.0863. The smallest absolute Gasteiger partial charge is 0.0723 e. The molecule has 0 aromatic carbocycles. The number of rotatable bonds is 3. The van der Waals surface area contributed by atoms with Crippen LogP contribution in [0.25, 0.3) is 0 Å². The number of likely N-dealkylation sites (N-methyl/N-ethyl adjacent to an activating group) is 1. The summed E-state index contributed by atoms with van der Waals surface area (Å²) < 4.78 is 0. The maximum Gasteiger partial charge on any atom is 0.0723 e. The van der Waals surface area contributed by atoms with Crippen LogP contribution in [0.2, 0.25) is 0 Å². The van der Waals surface area contributed by atoms with Gasteiger partial charge in [0, 0.05) is 32.2 Å². The van der Waals surface area contributed by atoms with E-state index in [2.05, 4.69) is 23.8 Å². The number of aliphatic hydroxyl groups excluding tert-OH is 1. The lowest BCUT2D eigenvalue weighted by atomic mass is 9.48. The fraction of sp³-hybridized carbons (Fsp3) is 1.00. The van der Waals surface area contributed by atoms with E-state index < -0.39 is 0 Å². The predicted molar refractivity (Wildman–Crippen MR) is 85.1 cm³/mol. The van der Waals surface area contributed by atoms with E-state index in [1.807, 2.05) is 0 Å². The molecular weight excluding hydrogens is 260 g/mol. The quantitative estimate of drug-likeness (QED) is 0.864. The molecule has 0 spiro atoms. The van der Waals surface area contributed by atoms with Crippen LogP contribution in [0.5, 0.6) is 0 Å². The van der Waals surface area contributed by atoms with Crippen molar-refractivity contribution in [3.8, 4) is 0 Å². The zero-order chi connectivity index (χ0) is 14.6. The van der Waals surface area contributed by atoms with Gasteiger partial charge in [-0.15, -0.1) is 0 Å². The van der Waals surface area contributed by atoms with Gasteiger partial charge in [0.05, 0.1) is 6.10 Å². The van der Waals surface area contributed by atoms with E-state index in [4.69, 9.17) is 0 Å². The van der Waals surface area contributed by atoms with Crippen LogP contribution < -0.4 is 0 Å².